The molecule has 2 fully saturated rings. The molecule has 4 heterocycles. The number of ether oxygens (including phenoxy) is 2. The third-order valence-electron chi connectivity index (χ3n) is 6.29. The lowest BCUT2D eigenvalue weighted by molar-refractivity contribution is 0.0997. The first-order chi connectivity index (χ1) is 17.2. The molecule has 0 saturated carbocycles. The molecule has 2 saturated heterocycles. The molecule has 1 N–H and O–H groups in total. The van der Waals surface area contributed by atoms with Crippen molar-refractivity contribution in [3.63, 3.8) is 0 Å². The van der Waals surface area contributed by atoms with Crippen LogP contribution >= 0.6 is 11.3 Å². The number of fused-ring (bicyclic) bond motifs is 1. The van der Waals surface area contributed by atoms with Gasteiger partial charge in [-0.25, -0.2) is 4.98 Å². The number of hydrogen-bond acceptors (Lipinski definition) is 8. The zero-order valence-corrected chi connectivity index (χ0v) is 20.1. The third kappa shape index (κ3) is 4.62. The lowest BCUT2D eigenvalue weighted by Crippen LogP contribution is -2.38. The molecule has 0 atom stereocenters. The summed E-state index contributed by atoms with van der Waals surface area (Å²) in [7, 11) is 0. The minimum atomic E-state index is -0.286. The summed E-state index contributed by atoms with van der Waals surface area (Å²) >= 11 is 1.55. The van der Waals surface area contributed by atoms with Crippen molar-refractivity contribution in [1.82, 2.24) is 4.98 Å². The molecular weight excluding hydrogens is 464 g/mol. The first-order valence-corrected chi connectivity index (χ1v) is 12.6. The van der Waals surface area contributed by atoms with Crippen LogP contribution in [0.3, 0.4) is 0 Å². The zero-order chi connectivity index (χ0) is 23.6. The molecule has 0 aliphatic carbocycles. The number of aromatic nitrogens is 1. The van der Waals surface area contributed by atoms with E-state index in [0.717, 1.165) is 71.7 Å². The van der Waals surface area contributed by atoms with E-state index in [1.165, 1.54) is 0 Å². The van der Waals surface area contributed by atoms with E-state index in [1.807, 2.05) is 30.3 Å². The molecule has 6 rings (SSSR count). The van der Waals surface area contributed by atoms with Crippen molar-refractivity contribution >= 4 is 44.5 Å². The predicted molar refractivity (Wildman–Crippen MR) is 138 cm³/mol. The highest BCUT2D eigenvalue weighted by Gasteiger charge is 2.21. The summed E-state index contributed by atoms with van der Waals surface area (Å²) in [4.78, 5) is 22.4. The maximum absolute atomic E-state index is 13.2. The molecule has 2 aliphatic heterocycles. The molecule has 180 valence electrons. The Morgan fingerprint density at radius 1 is 0.886 bits per heavy atom. The van der Waals surface area contributed by atoms with Gasteiger partial charge in [-0.15, -0.1) is 11.3 Å². The quantitative estimate of drug-likeness (QED) is 0.442. The molecule has 2 aromatic carbocycles. The van der Waals surface area contributed by atoms with E-state index >= 15 is 0 Å². The van der Waals surface area contributed by atoms with Crippen LogP contribution in [0, 0.1) is 0 Å². The Hall–Kier alpha value is -3.40. The smallest absolute Gasteiger partial charge is 0.291 e. The van der Waals surface area contributed by atoms with Gasteiger partial charge in [0.15, 0.2) is 16.5 Å². The second kappa shape index (κ2) is 9.69. The van der Waals surface area contributed by atoms with Crippen LogP contribution < -0.4 is 15.1 Å². The number of benzene rings is 2. The highest BCUT2D eigenvalue weighted by molar-refractivity contribution is 7.21. The second-order valence-corrected chi connectivity index (χ2v) is 9.54. The number of anilines is 3. The third-order valence-corrected chi connectivity index (χ3v) is 7.34. The van der Waals surface area contributed by atoms with Crippen LogP contribution in [0.2, 0.25) is 0 Å². The van der Waals surface area contributed by atoms with E-state index in [-0.39, 0.29) is 11.7 Å². The fraction of sp³-hybridized carbons (Fsp3) is 0.308. The van der Waals surface area contributed by atoms with Gasteiger partial charge in [0.05, 0.1) is 48.0 Å². The average molecular weight is 491 g/mol. The molecule has 9 heteroatoms. The fourth-order valence-electron chi connectivity index (χ4n) is 4.45. The number of nitrogens with zero attached hydrogens (tertiary/aromatic N) is 3. The van der Waals surface area contributed by atoms with E-state index in [4.69, 9.17) is 13.9 Å². The number of para-hydroxylation sites is 1. The molecule has 35 heavy (non-hydrogen) atoms. The van der Waals surface area contributed by atoms with Crippen LogP contribution in [-0.4, -0.2) is 63.5 Å². The van der Waals surface area contributed by atoms with Crippen molar-refractivity contribution in [2.45, 2.75) is 0 Å². The highest BCUT2D eigenvalue weighted by Crippen LogP contribution is 2.34. The van der Waals surface area contributed by atoms with E-state index in [2.05, 4.69) is 32.2 Å². The van der Waals surface area contributed by atoms with Gasteiger partial charge >= 0.3 is 0 Å². The average Bonchev–Trinajstić information content (AvgIpc) is 3.58. The van der Waals surface area contributed by atoms with Crippen LogP contribution in [0.5, 0.6) is 0 Å². The van der Waals surface area contributed by atoms with Gasteiger partial charge in [-0.2, -0.15) is 0 Å². The Labute approximate surface area is 207 Å². The number of carbonyl (C=O) groups excluding carboxylic acids is 1. The van der Waals surface area contributed by atoms with Gasteiger partial charge in [-0.1, -0.05) is 12.1 Å². The van der Waals surface area contributed by atoms with Crippen LogP contribution in [0.4, 0.5) is 17.1 Å². The van der Waals surface area contributed by atoms with Crippen LogP contribution in [0.15, 0.2) is 59.0 Å². The number of amides is 1. The van der Waals surface area contributed by atoms with Crippen molar-refractivity contribution in [3.8, 4) is 10.8 Å². The molecule has 2 aliphatic rings. The zero-order valence-electron chi connectivity index (χ0n) is 19.2. The summed E-state index contributed by atoms with van der Waals surface area (Å²) in [6.07, 6.45) is 0. The first kappa shape index (κ1) is 22.1. The van der Waals surface area contributed by atoms with E-state index in [1.54, 1.807) is 23.5 Å². The van der Waals surface area contributed by atoms with Gasteiger partial charge in [0.25, 0.3) is 5.91 Å². The van der Waals surface area contributed by atoms with Crippen molar-refractivity contribution < 1.29 is 18.7 Å². The summed E-state index contributed by atoms with van der Waals surface area (Å²) in [5.41, 5.74) is 3.80. The summed E-state index contributed by atoms with van der Waals surface area (Å²) < 4.78 is 18.1. The lowest BCUT2D eigenvalue weighted by Gasteiger charge is -2.33. The molecule has 2 aromatic heterocycles. The highest BCUT2D eigenvalue weighted by atomic mass is 32.1. The minimum absolute atomic E-state index is 0.254. The predicted octanol–water partition coefficient (Wildman–Crippen LogP) is 4.48. The number of hydrogen-bond donors (Lipinski definition) is 1. The van der Waals surface area contributed by atoms with Crippen molar-refractivity contribution in [3.05, 3.63) is 60.4 Å². The van der Waals surface area contributed by atoms with Gasteiger partial charge in [0, 0.05) is 31.9 Å². The molecule has 4 aromatic rings. The summed E-state index contributed by atoms with van der Waals surface area (Å²) in [5, 5.41) is 3.83. The number of thiazole rings is 1. The molecule has 0 radical (unpaired) electrons. The minimum Gasteiger partial charge on any atom is -0.448 e. The largest absolute Gasteiger partial charge is 0.448 e. The summed E-state index contributed by atoms with van der Waals surface area (Å²) in [6, 6.07) is 17.6. The van der Waals surface area contributed by atoms with Gasteiger partial charge in [0.1, 0.15) is 0 Å². The molecule has 8 nitrogen and oxygen atoms in total. The Kier molecular flexibility index (Phi) is 6.12. The molecule has 0 unspecified atom stereocenters. The van der Waals surface area contributed by atoms with Crippen LogP contribution in [0.25, 0.3) is 21.0 Å². The number of furan rings is 1. The van der Waals surface area contributed by atoms with E-state index in [9.17, 15) is 4.79 Å². The maximum atomic E-state index is 13.2. The molecule has 0 bridgehead atoms. The lowest BCUT2D eigenvalue weighted by atomic mass is 10.1. The Morgan fingerprint density at radius 3 is 2.40 bits per heavy atom. The van der Waals surface area contributed by atoms with Gasteiger partial charge < -0.3 is 29.0 Å². The monoisotopic (exact) mass is 490 g/mol. The number of nitrogens with one attached hydrogen (secondary N) is 1. The first-order valence-electron chi connectivity index (χ1n) is 11.8. The summed E-state index contributed by atoms with van der Waals surface area (Å²) in [6.45, 7) is 6.04. The number of morpholine rings is 2. The van der Waals surface area contributed by atoms with Crippen LogP contribution in [0.1, 0.15) is 10.6 Å². The topological polar surface area (TPSA) is 80.1 Å². The maximum Gasteiger partial charge on any atom is 0.291 e. The van der Waals surface area contributed by atoms with E-state index in [0.29, 0.717) is 19.0 Å². The molecular formula is C26H26N4O4S. The fourth-order valence-corrected chi connectivity index (χ4v) is 5.37. The normalized spacial score (nSPS) is 16.6. The summed E-state index contributed by atoms with van der Waals surface area (Å²) in [5.74, 6) is 0.558. The van der Waals surface area contributed by atoms with Gasteiger partial charge in [0.2, 0.25) is 0 Å². The number of rotatable bonds is 5. The van der Waals surface area contributed by atoms with Crippen molar-refractivity contribution in [1.29, 1.82) is 0 Å². The second-order valence-electron chi connectivity index (χ2n) is 8.51. The molecule has 1 amide bonds. The Bertz CT molecular complexity index is 1310. The van der Waals surface area contributed by atoms with Gasteiger partial charge in [-0.05, 0) is 42.5 Å². The van der Waals surface area contributed by atoms with Gasteiger partial charge in [-0.3, -0.25) is 4.79 Å². The Balaban J connectivity index is 1.25. The van der Waals surface area contributed by atoms with Crippen LogP contribution in [-0.2, 0) is 9.47 Å². The SMILES string of the molecule is O=C(Nc1ccc(N2CCOCC2)cc1N1CCOCC1)c1ccc(-c2nc3ccccc3s2)o1. The van der Waals surface area contributed by atoms with Crippen molar-refractivity contribution in [2.75, 3.05) is 67.7 Å². The van der Waals surface area contributed by atoms with E-state index < -0.39 is 0 Å². The molecule has 0 spiro atoms. The van der Waals surface area contributed by atoms with Crippen molar-refractivity contribution in [2.24, 2.45) is 0 Å². The standard InChI is InChI=1S/C26H26N4O4S/c31-25(22-7-8-23(34-22)26-28-20-3-1-2-4-24(20)35-26)27-19-6-5-18(29-9-13-32-14-10-29)17-21(19)30-11-15-33-16-12-30/h1-8,17H,9-16H2,(H,27,31). The Morgan fingerprint density at radius 2 is 1.63 bits per heavy atom. The number of carbonyl (C=O) groups is 1.